The second-order valence-corrected chi connectivity index (χ2v) is 5.42. The second kappa shape index (κ2) is 9.57. The van der Waals surface area contributed by atoms with E-state index in [1.54, 1.807) is 6.20 Å². The smallest absolute Gasteiger partial charge is 0.313 e. The summed E-state index contributed by atoms with van der Waals surface area (Å²) in [7, 11) is 0. The number of carbonyl (C=O) groups is 1. The average molecular weight is 279 g/mol. The predicted molar refractivity (Wildman–Crippen MR) is 78.3 cm³/mol. The number of unbranched alkanes of at least 4 members (excludes halogenated alkanes) is 5. The zero-order chi connectivity index (χ0) is 13.9. The predicted octanol–water partition coefficient (Wildman–Crippen LogP) is 4.07. The molecule has 0 aromatic carbocycles. The van der Waals surface area contributed by atoms with Crippen molar-refractivity contribution in [3.8, 4) is 11.8 Å². The second-order valence-electron chi connectivity index (χ2n) is 4.49. The number of carboxylic acid groups (broad SMARTS) is 1. The summed E-state index contributed by atoms with van der Waals surface area (Å²) in [6, 6.07) is 0. The minimum atomic E-state index is -0.756. The lowest BCUT2D eigenvalue weighted by Crippen LogP contribution is -2.11. The summed E-state index contributed by atoms with van der Waals surface area (Å²) in [6.45, 7) is 1.87. The largest absolute Gasteiger partial charge is 0.481 e. The quantitative estimate of drug-likeness (QED) is 0.547. The summed E-state index contributed by atoms with van der Waals surface area (Å²) in [5.74, 6) is 4.77. The average Bonchev–Trinajstić information content (AvgIpc) is 2.90. The molecular formula is C15H21NO2S. The molecular weight excluding hydrogens is 258 g/mol. The molecule has 0 radical (unpaired) electrons. The van der Waals surface area contributed by atoms with Crippen LogP contribution in [0, 0.1) is 11.8 Å². The number of hydrogen-bond donors (Lipinski definition) is 1. The van der Waals surface area contributed by atoms with Crippen molar-refractivity contribution in [3.63, 3.8) is 0 Å². The molecule has 19 heavy (non-hydrogen) atoms. The van der Waals surface area contributed by atoms with Gasteiger partial charge in [0.15, 0.2) is 0 Å². The van der Waals surface area contributed by atoms with Gasteiger partial charge in [-0.25, -0.2) is 4.98 Å². The van der Waals surface area contributed by atoms with E-state index in [9.17, 15) is 9.90 Å². The van der Waals surface area contributed by atoms with Gasteiger partial charge in [-0.1, -0.05) is 25.7 Å². The van der Waals surface area contributed by atoms with Crippen LogP contribution in [0.25, 0.3) is 0 Å². The van der Waals surface area contributed by atoms with E-state index in [1.807, 2.05) is 12.3 Å². The number of aromatic nitrogens is 1. The van der Waals surface area contributed by atoms with Crippen LogP contribution in [0.2, 0.25) is 0 Å². The fraction of sp³-hybridized carbons (Fsp3) is 0.600. The van der Waals surface area contributed by atoms with Crippen LogP contribution in [0.1, 0.15) is 62.8 Å². The van der Waals surface area contributed by atoms with Crippen molar-refractivity contribution in [2.24, 2.45) is 0 Å². The molecule has 0 saturated heterocycles. The van der Waals surface area contributed by atoms with Crippen LogP contribution in [-0.2, 0) is 4.79 Å². The van der Waals surface area contributed by atoms with E-state index in [0.717, 1.165) is 37.1 Å². The first-order valence-electron chi connectivity index (χ1n) is 6.77. The number of hydrogen-bond acceptors (Lipinski definition) is 3. The van der Waals surface area contributed by atoms with Gasteiger partial charge in [0.2, 0.25) is 0 Å². The minimum Gasteiger partial charge on any atom is -0.481 e. The molecule has 1 aromatic rings. The monoisotopic (exact) mass is 279 g/mol. The Balaban J connectivity index is 2.15. The number of thiazole rings is 1. The van der Waals surface area contributed by atoms with E-state index in [1.165, 1.54) is 17.8 Å². The SMILES string of the molecule is CC#CCCCCCCCC(C(=O)O)c1nccs1. The van der Waals surface area contributed by atoms with Crippen LogP contribution in [0.15, 0.2) is 11.6 Å². The lowest BCUT2D eigenvalue weighted by atomic mass is 10.0. The maximum atomic E-state index is 11.2. The van der Waals surface area contributed by atoms with Gasteiger partial charge in [-0.2, -0.15) is 0 Å². The van der Waals surface area contributed by atoms with Gasteiger partial charge in [-0.05, 0) is 19.8 Å². The molecule has 0 aliphatic rings. The third kappa shape index (κ3) is 6.40. The fourth-order valence-electron chi connectivity index (χ4n) is 1.98. The van der Waals surface area contributed by atoms with Crippen molar-refractivity contribution in [1.29, 1.82) is 0 Å². The van der Waals surface area contributed by atoms with E-state index < -0.39 is 11.9 Å². The molecule has 0 spiro atoms. The highest BCUT2D eigenvalue weighted by molar-refractivity contribution is 7.09. The molecule has 104 valence electrons. The molecule has 0 fully saturated rings. The number of carboxylic acids is 1. The molecule has 0 bridgehead atoms. The molecule has 1 heterocycles. The van der Waals surface area contributed by atoms with Crippen LogP contribution in [0.4, 0.5) is 0 Å². The minimum absolute atomic E-state index is 0.425. The Morgan fingerprint density at radius 1 is 1.37 bits per heavy atom. The van der Waals surface area contributed by atoms with Crippen molar-refractivity contribution in [3.05, 3.63) is 16.6 Å². The van der Waals surface area contributed by atoms with Crippen molar-refractivity contribution < 1.29 is 9.90 Å². The zero-order valence-electron chi connectivity index (χ0n) is 11.4. The third-order valence-electron chi connectivity index (χ3n) is 3.02. The molecule has 3 nitrogen and oxygen atoms in total. The van der Waals surface area contributed by atoms with Crippen molar-refractivity contribution in [2.75, 3.05) is 0 Å². The highest BCUT2D eigenvalue weighted by atomic mass is 32.1. The van der Waals surface area contributed by atoms with Crippen LogP contribution in [0.3, 0.4) is 0 Å². The maximum Gasteiger partial charge on any atom is 0.313 e. The van der Waals surface area contributed by atoms with Gasteiger partial charge in [0.05, 0.1) is 0 Å². The van der Waals surface area contributed by atoms with Crippen molar-refractivity contribution in [2.45, 2.75) is 57.8 Å². The molecule has 1 aromatic heterocycles. The van der Waals surface area contributed by atoms with Gasteiger partial charge in [0.1, 0.15) is 10.9 Å². The van der Waals surface area contributed by atoms with E-state index in [-0.39, 0.29) is 0 Å². The molecule has 0 saturated carbocycles. The Hall–Kier alpha value is -1.34. The van der Waals surface area contributed by atoms with E-state index in [4.69, 9.17) is 0 Å². The highest BCUT2D eigenvalue weighted by Crippen LogP contribution is 2.24. The molecule has 0 aliphatic heterocycles. The van der Waals surface area contributed by atoms with Gasteiger partial charge in [-0.3, -0.25) is 4.79 Å². The van der Waals surface area contributed by atoms with Crippen LogP contribution in [-0.4, -0.2) is 16.1 Å². The van der Waals surface area contributed by atoms with Crippen molar-refractivity contribution in [1.82, 2.24) is 4.98 Å². The Bertz CT molecular complexity index is 417. The maximum absolute atomic E-state index is 11.2. The van der Waals surface area contributed by atoms with E-state index in [0.29, 0.717) is 6.42 Å². The summed E-state index contributed by atoms with van der Waals surface area (Å²) in [6.07, 6.45) is 8.88. The van der Waals surface area contributed by atoms with Crippen LogP contribution < -0.4 is 0 Å². The molecule has 1 atom stereocenters. The summed E-state index contributed by atoms with van der Waals surface area (Å²) < 4.78 is 0. The van der Waals surface area contributed by atoms with Crippen LogP contribution in [0.5, 0.6) is 0 Å². The highest BCUT2D eigenvalue weighted by Gasteiger charge is 2.21. The number of aliphatic carboxylic acids is 1. The lowest BCUT2D eigenvalue weighted by molar-refractivity contribution is -0.139. The number of nitrogens with zero attached hydrogens (tertiary/aromatic N) is 1. The van der Waals surface area contributed by atoms with Gasteiger partial charge in [-0.15, -0.1) is 23.2 Å². The Kier molecular flexibility index (Phi) is 7.92. The molecule has 0 amide bonds. The Morgan fingerprint density at radius 3 is 2.74 bits per heavy atom. The lowest BCUT2D eigenvalue weighted by Gasteiger charge is -2.08. The Morgan fingerprint density at radius 2 is 2.11 bits per heavy atom. The topological polar surface area (TPSA) is 50.2 Å². The van der Waals surface area contributed by atoms with E-state index >= 15 is 0 Å². The number of rotatable bonds is 9. The molecule has 1 N–H and O–H groups in total. The van der Waals surface area contributed by atoms with Gasteiger partial charge in [0.25, 0.3) is 0 Å². The third-order valence-corrected chi connectivity index (χ3v) is 3.91. The van der Waals surface area contributed by atoms with Gasteiger partial charge in [0, 0.05) is 18.0 Å². The summed E-state index contributed by atoms with van der Waals surface area (Å²) in [5, 5.41) is 11.8. The van der Waals surface area contributed by atoms with E-state index in [2.05, 4.69) is 16.8 Å². The zero-order valence-corrected chi connectivity index (χ0v) is 12.2. The first-order valence-corrected chi connectivity index (χ1v) is 7.65. The standard InChI is InChI=1S/C15H21NO2S/c1-2-3-4-5-6-7-8-9-10-13(15(17)18)14-16-11-12-19-14/h11-13H,4-10H2,1H3,(H,17,18). The van der Waals surface area contributed by atoms with Gasteiger partial charge < -0.3 is 5.11 Å². The molecule has 4 heteroatoms. The summed E-state index contributed by atoms with van der Waals surface area (Å²) in [4.78, 5) is 15.3. The Labute approximate surface area is 119 Å². The molecule has 1 unspecified atom stereocenters. The molecule has 0 aliphatic carbocycles. The van der Waals surface area contributed by atoms with Gasteiger partial charge >= 0.3 is 5.97 Å². The van der Waals surface area contributed by atoms with Crippen molar-refractivity contribution >= 4 is 17.3 Å². The summed E-state index contributed by atoms with van der Waals surface area (Å²) >= 11 is 1.43. The first kappa shape index (κ1) is 15.7. The van der Waals surface area contributed by atoms with Crippen LogP contribution >= 0.6 is 11.3 Å². The fourth-order valence-corrected chi connectivity index (χ4v) is 2.74. The summed E-state index contributed by atoms with van der Waals surface area (Å²) in [5.41, 5.74) is 0. The first-order chi connectivity index (χ1) is 9.25. The molecule has 1 rings (SSSR count). The normalized spacial score (nSPS) is 11.6.